The number of amides is 4. The molecule has 4 amide bonds. The van der Waals surface area contributed by atoms with Crippen LogP contribution in [0.4, 0.5) is 5.69 Å². The first-order chi connectivity index (χ1) is 16.9. The highest BCUT2D eigenvalue weighted by molar-refractivity contribution is 6.32. The average Bonchev–Trinajstić information content (AvgIpc) is 3.57. The molecule has 2 aromatic carbocycles. The number of anilines is 1. The Labute approximate surface area is 204 Å². The van der Waals surface area contributed by atoms with Gasteiger partial charge in [-0.05, 0) is 54.3 Å². The molecule has 0 spiro atoms. The fraction of sp³-hybridized carbons (Fsp3) is 0.250. The lowest BCUT2D eigenvalue weighted by Gasteiger charge is -2.29. The molecule has 1 aromatic heterocycles. The third-order valence-corrected chi connectivity index (χ3v) is 7.05. The van der Waals surface area contributed by atoms with Crippen LogP contribution < -0.4 is 10.2 Å². The van der Waals surface area contributed by atoms with Crippen LogP contribution in [0.25, 0.3) is 5.69 Å². The van der Waals surface area contributed by atoms with E-state index in [4.69, 9.17) is 11.6 Å². The van der Waals surface area contributed by atoms with Gasteiger partial charge >= 0.3 is 0 Å². The second-order valence-electron chi connectivity index (χ2n) is 8.73. The number of imide groups is 1. The van der Waals surface area contributed by atoms with Gasteiger partial charge in [-0.3, -0.25) is 24.5 Å². The predicted molar refractivity (Wildman–Crippen MR) is 124 cm³/mol. The van der Waals surface area contributed by atoms with Crippen LogP contribution in [-0.2, 0) is 22.6 Å². The van der Waals surface area contributed by atoms with Gasteiger partial charge < -0.3 is 9.80 Å². The Hall–Kier alpha value is -4.05. The Morgan fingerprint density at radius 3 is 2.80 bits per heavy atom. The molecular weight excluding hydrogens is 472 g/mol. The molecule has 3 aliphatic heterocycles. The number of piperidine rings is 1. The van der Waals surface area contributed by atoms with Crippen molar-refractivity contribution in [3.63, 3.8) is 0 Å². The molecule has 3 aliphatic rings. The number of nitrogens with zero attached hydrogens (tertiary/aromatic N) is 5. The molecule has 6 rings (SSSR count). The summed E-state index contributed by atoms with van der Waals surface area (Å²) in [5, 5.41) is 11.1. The number of aromatic nitrogens is 3. The molecule has 4 heterocycles. The number of rotatable bonds is 3. The van der Waals surface area contributed by atoms with Crippen molar-refractivity contribution in [2.24, 2.45) is 0 Å². The van der Waals surface area contributed by atoms with Crippen molar-refractivity contribution < 1.29 is 19.2 Å². The summed E-state index contributed by atoms with van der Waals surface area (Å²) in [6, 6.07) is 10.0. The fourth-order valence-corrected chi connectivity index (χ4v) is 5.20. The van der Waals surface area contributed by atoms with E-state index in [1.807, 2.05) is 18.2 Å². The van der Waals surface area contributed by atoms with E-state index in [1.54, 1.807) is 29.3 Å². The first-order valence-corrected chi connectivity index (χ1v) is 11.6. The Balaban J connectivity index is 1.23. The Morgan fingerprint density at radius 2 is 1.97 bits per heavy atom. The van der Waals surface area contributed by atoms with Gasteiger partial charge in [-0.2, -0.15) is 0 Å². The molecule has 1 fully saturated rings. The molecule has 10 nitrogen and oxygen atoms in total. The smallest absolute Gasteiger partial charge is 0.280 e. The minimum atomic E-state index is -0.677. The molecule has 0 aliphatic carbocycles. The number of fused-ring (bicyclic) bond motifs is 2. The summed E-state index contributed by atoms with van der Waals surface area (Å²) in [5.74, 6) is -1.29. The van der Waals surface area contributed by atoms with E-state index in [1.165, 1.54) is 9.58 Å². The SMILES string of the molecule is O=C1CCC(N2Cc3cc(-n4cc(C(=O)N5CCc6c(Cl)cccc65)nn4)ccc3C2=O)C(=O)N1. The fourth-order valence-electron chi connectivity index (χ4n) is 4.93. The second kappa shape index (κ2) is 8.02. The third kappa shape index (κ3) is 3.48. The van der Waals surface area contributed by atoms with Crippen LogP contribution in [0.2, 0.25) is 5.02 Å². The molecule has 1 atom stereocenters. The lowest BCUT2D eigenvalue weighted by Crippen LogP contribution is -2.52. The van der Waals surface area contributed by atoms with Crippen LogP contribution in [-0.4, -0.2) is 56.1 Å². The highest BCUT2D eigenvalue weighted by Crippen LogP contribution is 2.34. The van der Waals surface area contributed by atoms with E-state index in [0.29, 0.717) is 35.7 Å². The Kier molecular flexibility index (Phi) is 4.92. The monoisotopic (exact) mass is 490 g/mol. The number of halogens is 1. The van der Waals surface area contributed by atoms with Crippen LogP contribution in [0.1, 0.15) is 44.8 Å². The number of carbonyl (C=O) groups is 4. The predicted octanol–water partition coefficient (Wildman–Crippen LogP) is 1.88. The van der Waals surface area contributed by atoms with Crippen LogP contribution in [0.15, 0.2) is 42.6 Å². The van der Waals surface area contributed by atoms with E-state index >= 15 is 0 Å². The maximum absolute atomic E-state index is 13.1. The van der Waals surface area contributed by atoms with Crippen LogP contribution in [0.5, 0.6) is 0 Å². The zero-order valence-electron chi connectivity index (χ0n) is 18.4. The molecule has 11 heteroatoms. The van der Waals surface area contributed by atoms with Crippen molar-refractivity contribution in [2.75, 3.05) is 11.4 Å². The Bertz CT molecular complexity index is 1430. The normalized spacial score (nSPS) is 19.1. The van der Waals surface area contributed by atoms with Gasteiger partial charge in [0, 0.05) is 35.8 Å². The highest BCUT2D eigenvalue weighted by atomic mass is 35.5. The first kappa shape index (κ1) is 21.5. The number of nitrogens with one attached hydrogen (secondary N) is 1. The number of hydrogen-bond acceptors (Lipinski definition) is 6. The minimum Gasteiger partial charge on any atom is -0.322 e. The standard InChI is InChI=1S/C24H19ClN6O4/c25-17-2-1-3-19-16(17)8-9-29(19)24(35)18-12-31(28-27-18)14-4-5-15-13(10-14)11-30(23(15)34)20-6-7-21(32)26-22(20)33/h1-5,10,12,20H,6-9,11H2,(H,26,32,33). The van der Waals surface area contributed by atoms with Crippen molar-refractivity contribution in [2.45, 2.75) is 31.8 Å². The molecule has 3 aromatic rings. The van der Waals surface area contributed by atoms with Gasteiger partial charge in [0.25, 0.3) is 11.8 Å². The van der Waals surface area contributed by atoms with Crippen molar-refractivity contribution in [3.8, 4) is 5.69 Å². The van der Waals surface area contributed by atoms with Crippen molar-refractivity contribution in [1.29, 1.82) is 0 Å². The molecule has 1 unspecified atom stereocenters. The molecule has 0 bridgehead atoms. The van der Waals surface area contributed by atoms with Gasteiger partial charge in [-0.25, -0.2) is 4.68 Å². The number of hydrogen-bond donors (Lipinski definition) is 1. The zero-order valence-corrected chi connectivity index (χ0v) is 19.2. The molecular formula is C24H19ClN6O4. The Morgan fingerprint density at radius 1 is 1.11 bits per heavy atom. The lowest BCUT2D eigenvalue weighted by atomic mass is 10.0. The number of carbonyl (C=O) groups excluding carboxylic acids is 4. The maximum atomic E-state index is 13.1. The van der Waals surface area contributed by atoms with Gasteiger partial charge in [-0.1, -0.05) is 22.9 Å². The molecule has 1 N–H and O–H groups in total. The van der Waals surface area contributed by atoms with Crippen LogP contribution in [0.3, 0.4) is 0 Å². The van der Waals surface area contributed by atoms with Gasteiger partial charge in [0.05, 0.1) is 11.9 Å². The summed E-state index contributed by atoms with van der Waals surface area (Å²) in [6.45, 7) is 0.766. The van der Waals surface area contributed by atoms with Gasteiger partial charge in [0.15, 0.2) is 5.69 Å². The molecule has 0 radical (unpaired) electrons. The van der Waals surface area contributed by atoms with E-state index in [0.717, 1.165) is 16.8 Å². The molecule has 0 saturated carbocycles. The number of benzene rings is 2. The summed E-state index contributed by atoms with van der Waals surface area (Å²) in [5.41, 5.74) is 3.79. The molecule has 1 saturated heterocycles. The lowest BCUT2D eigenvalue weighted by molar-refractivity contribution is -0.136. The second-order valence-corrected chi connectivity index (χ2v) is 9.14. The zero-order chi connectivity index (χ0) is 24.3. The van der Waals surface area contributed by atoms with Crippen molar-refractivity contribution in [3.05, 3.63) is 70.0 Å². The third-order valence-electron chi connectivity index (χ3n) is 6.70. The van der Waals surface area contributed by atoms with E-state index in [-0.39, 0.29) is 36.4 Å². The van der Waals surface area contributed by atoms with Crippen LogP contribution in [0, 0.1) is 0 Å². The molecule has 176 valence electrons. The highest BCUT2D eigenvalue weighted by Gasteiger charge is 2.39. The summed E-state index contributed by atoms with van der Waals surface area (Å²) >= 11 is 6.27. The van der Waals surface area contributed by atoms with E-state index in [9.17, 15) is 19.2 Å². The average molecular weight is 491 g/mol. The van der Waals surface area contributed by atoms with Gasteiger partial charge in [-0.15, -0.1) is 5.10 Å². The van der Waals surface area contributed by atoms with Crippen molar-refractivity contribution >= 4 is 40.9 Å². The first-order valence-electron chi connectivity index (χ1n) is 11.2. The van der Waals surface area contributed by atoms with Crippen LogP contribution >= 0.6 is 11.6 Å². The summed E-state index contributed by atoms with van der Waals surface area (Å²) < 4.78 is 1.49. The van der Waals surface area contributed by atoms with E-state index in [2.05, 4.69) is 15.6 Å². The summed E-state index contributed by atoms with van der Waals surface area (Å²) in [6.07, 6.45) is 2.74. The maximum Gasteiger partial charge on any atom is 0.280 e. The van der Waals surface area contributed by atoms with Crippen molar-refractivity contribution in [1.82, 2.24) is 25.2 Å². The summed E-state index contributed by atoms with van der Waals surface area (Å²) in [7, 11) is 0. The molecule has 35 heavy (non-hydrogen) atoms. The van der Waals surface area contributed by atoms with Gasteiger partial charge in [0.1, 0.15) is 6.04 Å². The van der Waals surface area contributed by atoms with Gasteiger partial charge in [0.2, 0.25) is 11.8 Å². The minimum absolute atomic E-state index is 0.194. The van der Waals surface area contributed by atoms with E-state index < -0.39 is 11.9 Å². The largest absolute Gasteiger partial charge is 0.322 e. The quantitative estimate of drug-likeness (QED) is 0.560. The summed E-state index contributed by atoms with van der Waals surface area (Å²) in [4.78, 5) is 52.9. The topological polar surface area (TPSA) is 118 Å².